The maximum atomic E-state index is 12.1. The maximum Gasteiger partial charge on any atom is 0.256 e. The van der Waals surface area contributed by atoms with Crippen molar-refractivity contribution < 1.29 is 9.21 Å². The summed E-state index contributed by atoms with van der Waals surface area (Å²) in [5, 5.41) is 11.3. The van der Waals surface area contributed by atoms with Gasteiger partial charge in [-0.3, -0.25) is 4.79 Å². The number of nitriles is 1. The van der Waals surface area contributed by atoms with E-state index in [0.717, 1.165) is 0 Å². The van der Waals surface area contributed by atoms with E-state index in [2.05, 4.69) is 15.3 Å². The van der Waals surface area contributed by atoms with Gasteiger partial charge in [0, 0.05) is 11.8 Å². The van der Waals surface area contributed by atoms with Crippen LogP contribution in [0.1, 0.15) is 15.9 Å². The van der Waals surface area contributed by atoms with Gasteiger partial charge in [-0.15, -0.1) is 0 Å². The van der Waals surface area contributed by atoms with Crippen LogP contribution in [-0.4, -0.2) is 15.9 Å². The van der Waals surface area contributed by atoms with Gasteiger partial charge in [-0.25, -0.2) is 9.97 Å². The summed E-state index contributed by atoms with van der Waals surface area (Å²) in [4.78, 5) is 20.0. The minimum Gasteiger partial charge on any atom is -0.443 e. The van der Waals surface area contributed by atoms with Crippen LogP contribution in [0, 0.1) is 11.3 Å². The van der Waals surface area contributed by atoms with E-state index < -0.39 is 0 Å². The van der Waals surface area contributed by atoms with E-state index in [1.165, 1.54) is 12.6 Å². The molecule has 2 heterocycles. The van der Waals surface area contributed by atoms with Crippen LogP contribution in [0.4, 0.5) is 5.82 Å². The normalized spacial score (nSPS) is 10.2. The Labute approximate surface area is 113 Å². The van der Waals surface area contributed by atoms with Crippen LogP contribution in [0.25, 0.3) is 11.1 Å². The first-order chi connectivity index (χ1) is 9.76. The monoisotopic (exact) mass is 264 g/mol. The molecule has 0 bridgehead atoms. The molecule has 0 aliphatic rings. The Morgan fingerprint density at radius 3 is 2.90 bits per heavy atom. The Morgan fingerprint density at radius 1 is 1.25 bits per heavy atom. The number of aromatic nitrogens is 2. The lowest BCUT2D eigenvalue weighted by molar-refractivity contribution is 0.102. The number of pyridine rings is 1. The molecule has 1 aromatic carbocycles. The summed E-state index contributed by atoms with van der Waals surface area (Å²) in [6.45, 7) is 0. The molecule has 0 saturated heterocycles. The molecule has 3 aromatic rings. The fourth-order valence-electron chi connectivity index (χ4n) is 1.72. The van der Waals surface area contributed by atoms with Crippen LogP contribution in [-0.2, 0) is 0 Å². The Bertz CT molecular complexity index is 815. The minimum atomic E-state index is -0.305. The molecule has 20 heavy (non-hydrogen) atoms. The number of amides is 1. The van der Waals surface area contributed by atoms with E-state index in [1.54, 1.807) is 30.3 Å². The van der Waals surface area contributed by atoms with Crippen LogP contribution in [0.3, 0.4) is 0 Å². The second-order valence-corrected chi connectivity index (χ2v) is 4.03. The van der Waals surface area contributed by atoms with Gasteiger partial charge in [0.05, 0.1) is 5.56 Å². The molecule has 6 nitrogen and oxygen atoms in total. The first-order valence-corrected chi connectivity index (χ1v) is 5.77. The number of carbonyl (C=O) groups is 1. The number of rotatable bonds is 2. The van der Waals surface area contributed by atoms with E-state index >= 15 is 0 Å². The lowest BCUT2D eigenvalue weighted by Gasteiger charge is -2.04. The topological polar surface area (TPSA) is 91.8 Å². The van der Waals surface area contributed by atoms with Gasteiger partial charge in [0.1, 0.15) is 17.4 Å². The van der Waals surface area contributed by atoms with Crippen molar-refractivity contribution in [3.63, 3.8) is 0 Å². The maximum absolute atomic E-state index is 12.1. The van der Waals surface area contributed by atoms with Crippen molar-refractivity contribution in [1.29, 1.82) is 5.26 Å². The Hall–Kier alpha value is -3.20. The zero-order valence-electron chi connectivity index (χ0n) is 10.2. The molecule has 6 heteroatoms. The summed E-state index contributed by atoms with van der Waals surface area (Å²) in [7, 11) is 0. The Morgan fingerprint density at radius 2 is 2.15 bits per heavy atom. The van der Waals surface area contributed by atoms with E-state index in [4.69, 9.17) is 9.68 Å². The molecule has 0 radical (unpaired) electrons. The molecular formula is C14H8N4O2. The van der Waals surface area contributed by atoms with Crippen LogP contribution in [0.5, 0.6) is 0 Å². The van der Waals surface area contributed by atoms with Crippen molar-refractivity contribution in [3.05, 3.63) is 54.0 Å². The van der Waals surface area contributed by atoms with Crippen molar-refractivity contribution in [3.8, 4) is 6.07 Å². The number of benzene rings is 1. The second kappa shape index (κ2) is 4.82. The molecule has 1 amide bonds. The molecule has 3 rings (SSSR count). The van der Waals surface area contributed by atoms with Gasteiger partial charge in [0.15, 0.2) is 12.0 Å². The number of carbonyl (C=O) groups excluding carboxylic acids is 1. The predicted octanol–water partition coefficient (Wildman–Crippen LogP) is 2.35. The molecule has 0 aliphatic carbocycles. The summed E-state index contributed by atoms with van der Waals surface area (Å²) in [6.07, 6.45) is 2.73. The summed E-state index contributed by atoms with van der Waals surface area (Å²) >= 11 is 0. The highest BCUT2D eigenvalue weighted by Crippen LogP contribution is 2.15. The third kappa shape index (κ3) is 2.20. The quantitative estimate of drug-likeness (QED) is 0.767. The molecular weight excluding hydrogens is 256 g/mol. The van der Waals surface area contributed by atoms with Crippen molar-refractivity contribution in [2.45, 2.75) is 0 Å². The van der Waals surface area contributed by atoms with Gasteiger partial charge in [0.2, 0.25) is 0 Å². The zero-order valence-corrected chi connectivity index (χ0v) is 10.2. The smallest absolute Gasteiger partial charge is 0.256 e. The lowest BCUT2D eigenvalue weighted by Crippen LogP contribution is -2.12. The highest BCUT2D eigenvalue weighted by Gasteiger charge is 2.09. The van der Waals surface area contributed by atoms with Gasteiger partial charge in [0.25, 0.3) is 5.91 Å². The van der Waals surface area contributed by atoms with Crippen molar-refractivity contribution >= 4 is 22.8 Å². The zero-order chi connectivity index (χ0) is 13.9. The second-order valence-electron chi connectivity index (χ2n) is 4.03. The number of anilines is 1. The summed E-state index contributed by atoms with van der Waals surface area (Å²) < 4.78 is 5.15. The minimum absolute atomic E-state index is 0.305. The SMILES string of the molecule is N#Cc1ccc(NC(=O)c2ccc3ncoc3c2)nc1. The number of oxazole rings is 1. The number of fused-ring (bicyclic) bond motifs is 1. The number of hydrogen-bond donors (Lipinski definition) is 1. The fraction of sp³-hybridized carbons (Fsp3) is 0. The average molecular weight is 264 g/mol. The molecule has 0 saturated carbocycles. The van der Waals surface area contributed by atoms with E-state index in [0.29, 0.717) is 28.0 Å². The van der Waals surface area contributed by atoms with Crippen LogP contribution < -0.4 is 5.32 Å². The van der Waals surface area contributed by atoms with Crippen molar-refractivity contribution in [2.24, 2.45) is 0 Å². The lowest BCUT2D eigenvalue weighted by atomic mass is 10.2. The Kier molecular flexibility index (Phi) is 2.86. The molecule has 2 aromatic heterocycles. The first-order valence-electron chi connectivity index (χ1n) is 5.77. The standard InChI is InChI=1S/C14H8N4O2/c15-6-9-1-4-13(16-7-9)18-14(19)10-2-3-11-12(5-10)20-8-17-11/h1-5,7-8H,(H,16,18,19). The third-order valence-electron chi connectivity index (χ3n) is 2.73. The van der Waals surface area contributed by atoms with Crippen molar-refractivity contribution in [2.75, 3.05) is 5.32 Å². The fourth-order valence-corrected chi connectivity index (χ4v) is 1.72. The summed E-state index contributed by atoms with van der Waals surface area (Å²) in [5.41, 5.74) is 2.12. The van der Waals surface area contributed by atoms with E-state index in [1.807, 2.05) is 6.07 Å². The Balaban J connectivity index is 1.82. The highest BCUT2D eigenvalue weighted by atomic mass is 16.3. The molecule has 0 fully saturated rings. The average Bonchev–Trinajstić information content (AvgIpc) is 2.95. The van der Waals surface area contributed by atoms with Gasteiger partial charge in [-0.1, -0.05) is 0 Å². The van der Waals surface area contributed by atoms with Crippen molar-refractivity contribution in [1.82, 2.24) is 9.97 Å². The molecule has 0 aliphatic heterocycles. The predicted molar refractivity (Wildman–Crippen MR) is 70.9 cm³/mol. The summed E-state index contributed by atoms with van der Waals surface area (Å²) in [6, 6.07) is 10.1. The van der Waals surface area contributed by atoms with Crippen LogP contribution >= 0.6 is 0 Å². The number of nitrogens with one attached hydrogen (secondary N) is 1. The molecule has 0 unspecified atom stereocenters. The van der Waals surface area contributed by atoms with Gasteiger partial charge >= 0.3 is 0 Å². The van der Waals surface area contributed by atoms with E-state index in [-0.39, 0.29) is 5.91 Å². The third-order valence-corrected chi connectivity index (χ3v) is 2.73. The molecule has 0 spiro atoms. The van der Waals surface area contributed by atoms with Crippen LogP contribution in [0.2, 0.25) is 0 Å². The van der Waals surface area contributed by atoms with Gasteiger partial charge in [-0.05, 0) is 30.3 Å². The van der Waals surface area contributed by atoms with Crippen LogP contribution in [0.15, 0.2) is 47.3 Å². The number of hydrogen-bond acceptors (Lipinski definition) is 5. The highest BCUT2D eigenvalue weighted by molar-refractivity contribution is 6.05. The first kappa shape index (κ1) is 11.9. The molecule has 96 valence electrons. The number of nitrogens with zero attached hydrogens (tertiary/aromatic N) is 3. The van der Waals surface area contributed by atoms with Gasteiger partial charge < -0.3 is 9.73 Å². The summed E-state index contributed by atoms with van der Waals surface area (Å²) in [5.74, 6) is 0.0761. The van der Waals surface area contributed by atoms with Gasteiger partial charge in [-0.2, -0.15) is 5.26 Å². The molecule has 0 atom stereocenters. The van der Waals surface area contributed by atoms with E-state index in [9.17, 15) is 4.79 Å². The molecule has 1 N–H and O–H groups in total. The largest absolute Gasteiger partial charge is 0.443 e.